The van der Waals surface area contributed by atoms with Crippen molar-refractivity contribution < 1.29 is 27.6 Å². The minimum Gasteiger partial charge on any atom is -0.406 e. The largest absolute Gasteiger partial charge is 0.573 e. The SMILES string of the molecule is O=C(CBr)c1cc(OC(F)(F)F)cc([N+](=O)[O-])c1. The van der Waals surface area contributed by atoms with Gasteiger partial charge in [-0.2, -0.15) is 0 Å². The third-order valence-electron chi connectivity index (χ3n) is 1.78. The number of Topliss-reactive ketones (excluding diaryl/α,β-unsaturated/α-hetero) is 1. The molecule has 0 bridgehead atoms. The molecule has 1 aromatic rings. The first-order chi connectivity index (χ1) is 8.23. The van der Waals surface area contributed by atoms with Crippen LogP contribution >= 0.6 is 15.9 Å². The highest BCUT2D eigenvalue weighted by Gasteiger charge is 2.32. The zero-order valence-corrected chi connectivity index (χ0v) is 10.1. The number of benzene rings is 1. The minimum atomic E-state index is -4.98. The molecule has 5 nitrogen and oxygen atoms in total. The molecule has 98 valence electrons. The van der Waals surface area contributed by atoms with Crippen LogP contribution in [0.25, 0.3) is 0 Å². The van der Waals surface area contributed by atoms with E-state index in [2.05, 4.69) is 20.7 Å². The van der Waals surface area contributed by atoms with E-state index in [1.54, 1.807) is 0 Å². The minimum absolute atomic E-state index is 0.167. The summed E-state index contributed by atoms with van der Waals surface area (Å²) < 4.78 is 39.6. The van der Waals surface area contributed by atoms with Gasteiger partial charge in [-0.05, 0) is 6.07 Å². The first-order valence-corrected chi connectivity index (χ1v) is 5.49. The van der Waals surface area contributed by atoms with Gasteiger partial charge < -0.3 is 4.74 Å². The van der Waals surface area contributed by atoms with Gasteiger partial charge in [-0.1, -0.05) is 15.9 Å². The lowest BCUT2D eigenvalue weighted by molar-refractivity contribution is -0.385. The molecule has 0 saturated carbocycles. The molecular weight excluding hydrogens is 323 g/mol. The Kier molecular flexibility index (Phi) is 4.28. The molecule has 9 heteroatoms. The molecule has 0 unspecified atom stereocenters. The number of non-ortho nitro benzene ring substituents is 1. The van der Waals surface area contributed by atoms with E-state index in [0.717, 1.165) is 12.1 Å². The fourth-order valence-corrected chi connectivity index (χ4v) is 1.44. The summed E-state index contributed by atoms with van der Waals surface area (Å²) in [7, 11) is 0. The molecule has 0 aliphatic carbocycles. The maximum Gasteiger partial charge on any atom is 0.573 e. The van der Waals surface area contributed by atoms with Gasteiger partial charge in [-0.3, -0.25) is 14.9 Å². The number of rotatable bonds is 4. The number of halogens is 4. The van der Waals surface area contributed by atoms with E-state index in [1.807, 2.05) is 0 Å². The van der Waals surface area contributed by atoms with Crippen LogP contribution in [-0.2, 0) is 0 Å². The first kappa shape index (κ1) is 14.4. The fourth-order valence-electron chi connectivity index (χ4n) is 1.12. The van der Waals surface area contributed by atoms with Crippen LogP contribution in [0.2, 0.25) is 0 Å². The second-order valence-corrected chi connectivity index (χ2v) is 3.64. The van der Waals surface area contributed by atoms with Crippen molar-refractivity contribution >= 4 is 27.4 Å². The van der Waals surface area contributed by atoms with E-state index in [-0.39, 0.29) is 10.9 Å². The number of nitro benzene ring substituents is 1. The highest BCUT2D eigenvalue weighted by Crippen LogP contribution is 2.28. The molecule has 0 aliphatic rings. The number of nitro groups is 1. The van der Waals surface area contributed by atoms with E-state index >= 15 is 0 Å². The summed E-state index contributed by atoms with van der Waals surface area (Å²) in [6, 6.07) is 2.27. The van der Waals surface area contributed by atoms with Crippen molar-refractivity contribution in [2.24, 2.45) is 0 Å². The lowest BCUT2D eigenvalue weighted by Crippen LogP contribution is -2.17. The van der Waals surface area contributed by atoms with Crippen molar-refractivity contribution in [3.8, 4) is 5.75 Å². The summed E-state index contributed by atoms with van der Waals surface area (Å²) in [4.78, 5) is 20.9. The Labute approximate surface area is 107 Å². The quantitative estimate of drug-likeness (QED) is 0.369. The monoisotopic (exact) mass is 327 g/mol. The van der Waals surface area contributed by atoms with Crippen molar-refractivity contribution in [2.75, 3.05) is 5.33 Å². The van der Waals surface area contributed by atoms with Crippen molar-refractivity contribution in [3.63, 3.8) is 0 Å². The maximum absolute atomic E-state index is 12.0. The molecule has 0 spiro atoms. The number of hydrogen-bond acceptors (Lipinski definition) is 4. The average Bonchev–Trinajstić information content (AvgIpc) is 2.25. The number of carbonyl (C=O) groups is 1. The number of ketones is 1. The van der Waals surface area contributed by atoms with Crippen molar-refractivity contribution in [1.29, 1.82) is 0 Å². The van der Waals surface area contributed by atoms with Gasteiger partial charge in [-0.15, -0.1) is 13.2 Å². The molecule has 0 aliphatic heterocycles. The molecule has 18 heavy (non-hydrogen) atoms. The molecule has 0 heterocycles. The first-order valence-electron chi connectivity index (χ1n) is 4.37. The van der Waals surface area contributed by atoms with Crippen LogP contribution in [0.1, 0.15) is 10.4 Å². The Morgan fingerprint density at radius 3 is 2.44 bits per heavy atom. The zero-order chi connectivity index (χ0) is 13.9. The Balaban J connectivity index is 3.22. The zero-order valence-electron chi connectivity index (χ0n) is 8.53. The highest BCUT2D eigenvalue weighted by molar-refractivity contribution is 9.09. The van der Waals surface area contributed by atoms with Crippen LogP contribution in [0.4, 0.5) is 18.9 Å². The molecule has 0 fully saturated rings. The van der Waals surface area contributed by atoms with Gasteiger partial charge in [-0.25, -0.2) is 0 Å². The summed E-state index contributed by atoms with van der Waals surface area (Å²) in [5.41, 5.74) is -0.888. The van der Waals surface area contributed by atoms with Gasteiger partial charge >= 0.3 is 6.36 Å². The standard InChI is InChI=1S/C9H5BrF3NO4/c10-4-8(15)5-1-6(14(16)17)3-7(2-5)18-9(11,12)13/h1-3H,4H2. The summed E-state index contributed by atoms with van der Waals surface area (Å²) >= 11 is 2.82. The molecule has 0 amide bonds. The lowest BCUT2D eigenvalue weighted by Gasteiger charge is -2.09. The smallest absolute Gasteiger partial charge is 0.406 e. The number of hydrogen-bond donors (Lipinski definition) is 0. The highest BCUT2D eigenvalue weighted by atomic mass is 79.9. The van der Waals surface area contributed by atoms with E-state index in [9.17, 15) is 28.1 Å². The Bertz CT molecular complexity index is 489. The molecular formula is C9H5BrF3NO4. The van der Waals surface area contributed by atoms with Crippen LogP contribution in [0.15, 0.2) is 18.2 Å². The summed E-state index contributed by atoms with van der Waals surface area (Å²) in [6.45, 7) is 0. The molecule has 0 N–H and O–H groups in total. The van der Waals surface area contributed by atoms with Crippen molar-refractivity contribution in [1.82, 2.24) is 0 Å². The fraction of sp³-hybridized carbons (Fsp3) is 0.222. The topological polar surface area (TPSA) is 69.4 Å². The average molecular weight is 328 g/mol. The molecule has 0 radical (unpaired) electrons. The normalized spacial score (nSPS) is 11.1. The van der Waals surface area contributed by atoms with Gasteiger partial charge in [0.2, 0.25) is 0 Å². The molecule has 0 aromatic heterocycles. The van der Waals surface area contributed by atoms with E-state index in [4.69, 9.17) is 0 Å². The van der Waals surface area contributed by atoms with Gasteiger partial charge in [0, 0.05) is 11.6 Å². The van der Waals surface area contributed by atoms with E-state index in [1.165, 1.54) is 0 Å². The predicted molar refractivity (Wildman–Crippen MR) is 57.9 cm³/mol. The second-order valence-electron chi connectivity index (χ2n) is 3.08. The van der Waals surface area contributed by atoms with Crippen LogP contribution in [0, 0.1) is 10.1 Å². The van der Waals surface area contributed by atoms with Crippen molar-refractivity contribution in [3.05, 3.63) is 33.9 Å². The third kappa shape index (κ3) is 3.99. The lowest BCUT2D eigenvalue weighted by atomic mass is 10.1. The molecule has 1 rings (SSSR count). The Morgan fingerprint density at radius 1 is 1.39 bits per heavy atom. The number of nitrogens with zero attached hydrogens (tertiary/aromatic N) is 1. The third-order valence-corrected chi connectivity index (χ3v) is 2.29. The van der Waals surface area contributed by atoms with Crippen LogP contribution in [0.5, 0.6) is 5.75 Å². The molecule has 0 saturated heterocycles. The summed E-state index contributed by atoms with van der Waals surface area (Å²) in [5.74, 6) is -1.40. The van der Waals surface area contributed by atoms with Crippen molar-refractivity contribution in [2.45, 2.75) is 6.36 Å². The second kappa shape index (κ2) is 5.34. The van der Waals surface area contributed by atoms with E-state index in [0.29, 0.717) is 6.07 Å². The Morgan fingerprint density at radius 2 is 2.00 bits per heavy atom. The van der Waals surface area contributed by atoms with Crippen LogP contribution in [-0.4, -0.2) is 22.4 Å². The van der Waals surface area contributed by atoms with E-state index < -0.39 is 28.5 Å². The predicted octanol–water partition coefficient (Wildman–Crippen LogP) is 3.07. The summed E-state index contributed by atoms with van der Waals surface area (Å²) in [5, 5.41) is 10.4. The van der Waals surface area contributed by atoms with Gasteiger partial charge in [0.1, 0.15) is 5.75 Å². The Hall–Kier alpha value is -1.64. The molecule has 1 aromatic carbocycles. The van der Waals surface area contributed by atoms with Crippen LogP contribution < -0.4 is 4.74 Å². The number of alkyl halides is 4. The van der Waals surface area contributed by atoms with Gasteiger partial charge in [0.15, 0.2) is 5.78 Å². The van der Waals surface area contributed by atoms with Crippen LogP contribution in [0.3, 0.4) is 0 Å². The maximum atomic E-state index is 12.0. The van der Waals surface area contributed by atoms with Gasteiger partial charge in [0.05, 0.1) is 16.3 Å². The number of ether oxygens (including phenoxy) is 1. The number of carbonyl (C=O) groups excluding carboxylic acids is 1. The molecule has 0 atom stereocenters. The summed E-state index contributed by atoms with van der Waals surface area (Å²) in [6.07, 6.45) is -4.98. The van der Waals surface area contributed by atoms with Gasteiger partial charge in [0.25, 0.3) is 5.69 Å².